The number of thioether (sulfide) groups is 1. The molecule has 5 heteroatoms. The summed E-state index contributed by atoms with van der Waals surface area (Å²) in [4.78, 5) is 0. The Morgan fingerprint density at radius 3 is 2.71 bits per heavy atom. The minimum atomic E-state index is 0.463. The van der Waals surface area contributed by atoms with E-state index >= 15 is 0 Å². The van der Waals surface area contributed by atoms with Crippen molar-refractivity contribution in [2.75, 3.05) is 0 Å². The van der Waals surface area contributed by atoms with E-state index in [1.54, 1.807) is 11.8 Å². The average Bonchev–Trinajstić information content (AvgIpc) is 2.69. The molecule has 0 unspecified atom stereocenters. The van der Waals surface area contributed by atoms with Crippen LogP contribution in [-0.2, 0) is 0 Å². The summed E-state index contributed by atoms with van der Waals surface area (Å²) in [6, 6.07) is 6.17. The van der Waals surface area contributed by atoms with Gasteiger partial charge in [-0.25, -0.2) is 0 Å². The summed E-state index contributed by atoms with van der Waals surface area (Å²) in [5.41, 5.74) is 3.52. The first-order valence-electron chi connectivity index (χ1n) is 5.61. The van der Waals surface area contributed by atoms with Crippen LogP contribution in [0.4, 0.5) is 0 Å². The van der Waals surface area contributed by atoms with Gasteiger partial charge in [-0.2, -0.15) is 4.68 Å². The molecule has 1 aromatic heterocycles. The summed E-state index contributed by atoms with van der Waals surface area (Å²) in [6.07, 6.45) is 0. The van der Waals surface area contributed by atoms with Gasteiger partial charge in [0.15, 0.2) is 0 Å². The van der Waals surface area contributed by atoms with Gasteiger partial charge in [0.2, 0.25) is 5.16 Å². The number of aromatic nitrogens is 4. The molecule has 0 saturated heterocycles. The van der Waals surface area contributed by atoms with Gasteiger partial charge >= 0.3 is 0 Å². The second-order valence-corrected chi connectivity index (χ2v) is 5.80. The summed E-state index contributed by atoms with van der Waals surface area (Å²) >= 11 is 1.67. The standard InChI is InChI=1S/C12H16N4S/c1-8(2)17-12-13-14-15-16(12)11-7-5-6-9(3)10(11)4/h5-8H,1-4H3. The van der Waals surface area contributed by atoms with Crippen molar-refractivity contribution in [2.45, 2.75) is 38.1 Å². The van der Waals surface area contributed by atoms with Crippen LogP contribution >= 0.6 is 11.8 Å². The topological polar surface area (TPSA) is 43.6 Å². The highest BCUT2D eigenvalue weighted by molar-refractivity contribution is 7.99. The molecule has 4 nitrogen and oxygen atoms in total. The molecule has 0 aliphatic heterocycles. The van der Waals surface area contributed by atoms with Crippen LogP contribution < -0.4 is 0 Å². The van der Waals surface area contributed by atoms with Crippen molar-refractivity contribution in [3.8, 4) is 5.69 Å². The molecule has 0 aliphatic carbocycles. The van der Waals surface area contributed by atoms with E-state index < -0.39 is 0 Å². The fraction of sp³-hybridized carbons (Fsp3) is 0.417. The summed E-state index contributed by atoms with van der Waals surface area (Å²) in [7, 11) is 0. The zero-order valence-corrected chi connectivity index (χ0v) is 11.3. The Kier molecular flexibility index (Phi) is 3.47. The molecular formula is C12H16N4S. The monoisotopic (exact) mass is 248 g/mol. The highest BCUT2D eigenvalue weighted by atomic mass is 32.2. The Hall–Kier alpha value is -1.36. The number of tetrazole rings is 1. The van der Waals surface area contributed by atoms with Gasteiger partial charge < -0.3 is 0 Å². The lowest BCUT2D eigenvalue weighted by molar-refractivity contribution is 0.750. The number of benzene rings is 1. The van der Waals surface area contributed by atoms with Gasteiger partial charge in [-0.15, -0.1) is 5.10 Å². The fourth-order valence-corrected chi connectivity index (χ4v) is 2.32. The molecule has 0 atom stereocenters. The van der Waals surface area contributed by atoms with E-state index in [2.05, 4.69) is 49.3 Å². The highest BCUT2D eigenvalue weighted by Gasteiger charge is 2.12. The molecule has 17 heavy (non-hydrogen) atoms. The first kappa shape index (κ1) is 12.1. The van der Waals surface area contributed by atoms with Crippen molar-refractivity contribution in [3.63, 3.8) is 0 Å². The van der Waals surface area contributed by atoms with Gasteiger partial charge in [0.05, 0.1) is 5.69 Å². The Balaban J connectivity index is 2.46. The molecular weight excluding hydrogens is 232 g/mol. The summed E-state index contributed by atoms with van der Waals surface area (Å²) in [6.45, 7) is 8.45. The highest BCUT2D eigenvalue weighted by Crippen LogP contribution is 2.24. The van der Waals surface area contributed by atoms with Crippen molar-refractivity contribution >= 4 is 11.8 Å². The van der Waals surface area contributed by atoms with E-state index in [1.165, 1.54) is 11.1 Å². The molecule has 2 aromatic rings. The summed E-state index contributed by atoms with van der Waals surface area (Å²) in [5, 5.41) is 13.2. The van der Waals surface area contributed by atoms with Gasteiger partial charge in [-0.05, 0) is 41.5 Å². The quantitative estimate of drug-likeness (QED) is 0.783. The van der Waals surface area contributed by atoms with E-state index in [4.69, 9.17) is 0 Å². The lowest BCUT2D eigenvalue weighted by Crippen LogP contribution is -2.03. The Morgan fingerprint density at radius 2 is 2.00 bits per heavy atom. The summed E-state index contributed by atoms with van der Waals surface area (Å²) < 4.78 is 1.81. The van der Waals surface area contributed by atoms with Crippen LogP contribution in [0, 0.1) is 13.8 Å². The fourth-order valence-electron chi connectivity index (χ4n) is 1.58. The molecule has 0 aliphatic rings. The molecule has 0 radical (unpaired) electrons. The molecule has 1 aromatic carbocycles. The van der Waals surface area contributed by atoms with Gasteiger partial charge in [0, 0.05) is 5.25 Å². The third kappa shape index (κ3) is 2.49. The SMILES string of the molecule is Cc1cccc(-n2nnnc2SC(C)C)c1C. The van der Waals surface area contributed by atoms with Crippen LogP contribution in [0.3, 0.4) is 0 Å². The predicted molar refractivity (Wildman–Crippen MR) is 69.6 cm³/mol. The maximum Gasteiger partial charge on any atom is 0.214 e. The van der Waals surface area contributed by atoms with E-state index in [9.17, 15) is 0 Å². The van der Waals surface area contributed by atoms with E-state index in [0.29, 0.717) is 5.25 Å². The van der Waals surface area contributed by atoms with Crippen LogP contribution in [0.2, 0.25) is 0 Å². The zero-order valence-electron chi connectivity index (χ0n) is 10.5. The van der Waals surface area contributed by atoms with Gasteiger partial charge in [0.1, 0.15) is 0 Å². The lowest BCUT2D eigenvalue weighted by Gasteiger charge is -2.10. The summed E-state index contributed by atoms with van der Waals surface area (Å²) in [5.74, 6) is 0. The van der Waals surface area contributed by atoms with Crippen molar-refractivity contribution in [1.29, 1.82) is 0 Å². The van der Waals surface area contributed by atoms with Crippen LogP contribution in [0.25, 0.3) is 5.69 Å². The maximum absolute atomic E-state index is 4.08. The smallest absolute Gasteiger partial charge is 0.187 e. The number of hydrogen-bond donors (Lipinski definition) is 0. The Bertz CT molecular complexity index is 519. The number of aryl methyl sites for hydroxylation is 1. The molecule has 0 spiro atoms. The first-order chi connectivity index (χ1) is 8.09. The number of hydrogen-bond acceptors (Lipinski definition) is 4. The van der Waals surface area contributed by atoms with Crippen molar-refractivity contribution in [3.05, 3.63) is 29.3 Å². The molecule has 0 saturated carbocycles. The van der Waals surface area contributed by atoms with Crippen LogP contribution in [0.1, 0.15) is 25.0 Å². The third-order valence-electron chi connectivity index (χ3n) is 2.59. The second-order valence-electron chi connectivity index (χ2n) is 4.26. The first-order valence-corrected chi connectivity index (χ1v) is 6.49. The average molecular weight is 248 g/mol. The molecule has 0 amide bonds. The zero-order chi connectivity index (χ0) is 12.4. The van der Waals surface area contributed by atoms with Crippen molar-refractivity contribution in [2.24, 2.45) is 0 Å². The molecule has 90 valence electrons. The van der Waals surface area contributed by atoms with Gasteiger partial charge in [0.25, 0.3) is 0 Å². The van der Waals surface area contributed by atoms with Crippen LogP contribution in [0.15, 0.2) is 23.4 Å². The van der Waals surface area contributed by atoms with Gasteiger partial charge in [-0.1, -0.05) is 37.7 Å². The molecule has 0 N–H and O–H groups in total. The Labute approximate surface area is 105 Å². The minimum absolute atomic E-state index is 0.463. The van der Waals surface area contributed by atoms with Crippen molar-refractivity contribution < 1.29 is 0 Å². The van der Waals surface area contributed by atoms with Gasteiger partial charge in [-0.3, -0.25) is 0 Å². The van der Waals surface area contributed by atoms with E-state index in [0.717, 1.165) is 10.8 Å². The normalized spacial score (nSPS) is 11.1. The van der Waals surface area contributed by atoms with Crippen molar-refractivity contribution in [1.82, 2.24) is 20.2 Å². The molecule has 1 heterocycles. The molecule has 0 bridgehead atoms. The van der Waals surface area contributed by atoms with E-state index in [1.807, 2.05) is 16.8 Å². The van der Waals surface area contributed by atoms with Crippen LogP contribution in [0.5, 0.6) is 0 Å². The third-order valence-corrected chi connectivity index (χ3v) is 3.52. The minimum Gasteiger partial charge on any atom is -0.187 e. The second kappa shape index (κ2) is 4.87. The molecule has 0 fully saturated rings. The maximum atomic E-state index is 4.08. The Morgan fingerprint density at radius 1 is 1.24 bits per heavy atom. The van der Waals surface area contributed by atoms with Crippen LogP contribution in [-0.4, -0.2) is 25.5 Å². The predicted octanol–water partition coefficient (Wildman–Crippen LogP) is 2.78. The van der Waals surface area contributed by atoms with E-state index in [-0.39, 0.29) is 0 Å². The largest absolute Gasteiger partial charge is 0.214 e. The lowest BCUT2D eigenvalue weighted by atomic mass is 10.1. The number of rotatable bonds is 3. The molecule has 2 rings (SSSR count). The number of nitrogens with zero attached hydrogens (tertiary/aromatic N) is 4.